The third-order valence-corrected chi connectivity index (χ3v) is 6.41. The molecule has 0 atom stereocenters. The summed E-state index contributed by atoms with van der Waals surface area (Å²) >= 11 is 1.51. The summed E-state index contributed by atoms with van der Waals surface area (Å²) < 4.78 is 13.1. The zero-order chi connectivity index (χ0) is 18.6. The number of nitrogens with zero attached hydrogens (tertiary/aromatic N) is 3. The highest BCUT2D eigenvalue weighted by molar-refractivity contribution is 7.99. The molecule has 0 spiro atoms. The molecule has 0 bridgehead atoms. The lowest BCUT2D eigenvalue weighted by molar-refractivity contribution is 0.0743. The van der Waals surface area contributed by atoms with Crippen LogP contribution in [0.1, 0.15) is 36.2 Å². The van der Waals surface area contributed by atoms with E-state index in [0.29, 0.717) is 5.69 Å². The Balaban J connectivity index is 1.41. The maximum absolute atomic E-state index is 13.1. The molecule has 1 aliphatic heterocycles. The molecular formula is C21H24FN3OS. The van der Waals surface area contributed by atoms with Crippen LogP contribution in [0.25, 0.3) is 0 Å². The third kappa shape index (κ3) is 4.50. The minimum Gasteiger partial charge on any atom is -0.336 e. The van der Waals surface area contributed by atoms with Gasteiger partial charge in [-0.1, -0.05) is 18.2 Å². The Morgan fingerprint density at radius 1 is 1.00 bits per heavy atom. The molecule has 1 saturated carbocycles. The van der Waals surface area contributed by atoms with Gasteiger partial charge in [0.15, 0.2) is 0 Å². The van der Waals surface area contributed by atoms with Crippen LogP contribution in [0.2, 0.25) is 0 Å². The number of hydrogen-bond acceptors (Lipinski definition) is 4. The van der Waals surface area contributed by atoms with Gasteiger partial charge in [0.2, 0.25) is 0 Å². The quantitative estimate of drug-likeness (QED) is 0.795. The van der Waals surface area contributed by atoms with Crippen molar-refractivity contribution in [1.29, 1.82) is 0 Å². The summed E-state index contributed by atoms with van der Waals surface area (Å²) in [5.74, 6) is -0.242. The van der Waals surface area contributed by atoms with Crippen molar-refractivity contribution in [3.05, 3.63) is 54.1 Å². The largest absolute Gasteiger partial charge is 0.336 e. The van der Waals surface area contributed by atoms with E-state index in [1.165, 1.54) is 43.2 Å². The van der Waals surface area contributed by atoms with Crippen LogP contribution in [0.15, 0.2) is 52.4 Å². The molecule has 0 N–H and O–H groups in total. The lowest BCUT2D eigenvalue weighted by Crippen LogP contribution is -2.42. The fourth-order valence-corrected chi connectivity index (χ4v) is 4.49. The van der Waals surface area contributed by atoms with Crippen molar-refractivity contribution in [3.63, 3.8) is 0 Å². The van der Waals surface area contributed by atoms with Gasteiger partial charge in [0.1, 0.15) is 11.5 Å². The molecule has 0 unspecified atom stereocenters. The van der Waals surface area contributed by atoms with Crippen LogP contribution in [0, 0.1) is 5.82 Å². The van der Waals surface area contributed by atoms with Crippen LogP contribution in [-0.4, -0.2) is 52.9 Å². The summed E-state index contributed by atoms with van der Waals surface area (Å²) in [5.41, 5.74) is 0.485. The number of halogens is 1. The Kier molecular flexibility index (Phi) is 5.74. The number of amides is 1. The summed E-state index contributed by atoms with van der Waals surface area (Å²) in [6, 6.07) is 10.8. The summed E-state index contributed by atoms with van der Waals surface area (Å²) in [4.78, 5) is 23.6. The normalized spacial score (nSPS) is 18.8. The number of carbonyl (C=O) groups is 1. The Morgan fingerprint density at radius 3 is 2.56 bits per heavy atom. The van der Waals surface area contributed by atoms with E-state index < -0.39 is 0 Å². The summed E-state index contributed by atoms with van der Waals surface area (Å²) in [6.07, 6.45) is 6.65. The molecule has 6 heteroatoms. The first kappa shape index (κ1) is 18.4. The predicted molar refractivity (Wildman–Crippen MR) is 104 cm³/mol. The second kappa shape index (κ2) is 8.40. The molecule has 1 aliphatic carbocycles. The van der Waals surface area contributed by atoms with Gasteiger partial charge in [-0.15, -0.1) is 0 Å². The molecule has 2 aromatic rings. The molecule has 0 radical (unpaired) electrons. The van der Waals surface area contributed by atoms with Gasteiger partial charge in [-0.25, -0.2) is 4.39 Å². The third-order valence-electron chi connectivity index (χ3n) is 5.41. The highest BCUT2D eigenvalue weighted by atomic mass is 32.2. The van der Waals surface area contributed by atoms with Crippen LogP contribution in [0.5, 0.6) is 0 Å². The van der Waals surface area contributed by atoms with Gasteiger partial charge in [0, 0.05) is 48.2 Å². The Morgan fingerprint density at radius 2 is 1.81 bits per heavy atom. The molecular weight excluding hydrogens is 361 g/mol. The molecule has 1 aromatic heterocycles. The number of pyridine rings is 1. The molecule has 4 nitrogen and oxygen atoms in total. The first-order valence-corrected chi connectivity index (χ1v) is 10.4. The van der Waals surface area contributed by atoms with E-state index in [4.69, 9.17) is 0 Å². The van der Waals surface area contributed by atoms with Crippen molar-refractivity contribution in [2.24, 2.45) is 0 Å². The number of carbonyl (C=O) groups excluding carboxylic acids is 1. The van der Waals surface area contributed by atoms with Crippen molar-refractivity contribution in [3.8, 4) is 0 Å². The SMILES string of the molecule is O=C(c1cc(Sc2ccc(F)cc2)ccn1)N1CCCN(C2CCC2)CC1. The maximum Gasteiger partial charge on any atom is 0.272 e. The van der Waals surface area contributed by atoms with Crippen molar-refractivity contribution < 1.29 is 9.18 Å². The number of benzene rings is 1. The van der Waals surface area contributed by atoms with Gasteiger partial charge in [-0.3, -0.25) is 14.7 Å². The number of hydrogen-bond donors (Lipinski definition) is 0. The van der Waals surface area contributed by atoms with Crippen LogP contribution < -0.4 is 0 Å². The Bertz CT molecular complexity index is 794. The molecule has 1 aromatic carbocycles. The fourth-order valence-electron chi connectivity index (χ4n) is 3.65. The highest BCUT2D eigenvalue weighted by Crippen LogP contribution is 2.28. The van der Waals surface area contributed by atoms with Crippen molar-refractivity contribution in [1.82, 2.24) is 14.8 Å². The molecule has 1 saturated heterocycles. The van der Waals surface area contributed by atoms with Crippen molar-refractivity contribution in [2.45, 2.75) is 41.5 Å². The van der Waals surface area contributed by atoms with Crippen molar-refractivity contribution in [2.75, 3.05) is 26.2 Å². The monoisotopic (exact) mass is 385 g/mol. The van der Waals surface area contributed by atoms with Gasteiger partial charge < -0.3 is 4.90 Å². The molecule has 4 rings (SSSR count). The van der Waals surface area contributed by atoms with E-state index in [-0.39, 0.29) is 11.7 Å². The topological polar surface area (TPSA) is 36.4 Å². The summed E-state index contributed by atoms with van der Waals surface area (Å²) in [6.45, 7) is 3.61. The van der Waals surface area contributed by atoms with Crippen LogP contribution in [0.3, 0.4) is 0 Å². The summed E-state index contributed by atoms with van der Waals surface area (Å²) in [7, 11) is 0. The van der Waals surface area contributed by atoms with E-state index >= 15 is 0 Å². The van der Waals surface area contributed by atoms with Gasteiger partial charge in [0.25, 0.3) is 5.91 Å². The molecule has 1 amide bonds. The lowest BCUT2D eigenvalue weighted by atomic mass is 9.91. The minimum atomic E-state index is -0.248. The average molecular weight is 386 g/mol. The van der Waals surface area contributed by atoms with E-state index in [0.717, 1.165) is 48.4 Å². The molecule has 2 fully saturated rings. The van der Waals surface area contributed by atoms with E-state index in [2.05, 4.69) is 9.88 Å². The summed E-state index contributed by atoms with van der Waals surface area (Å²) in [5, 5.41) is 0. The lowest BCUT2D eigenvalue weighted by Gasteiger charge is -2.36. The first-order valence-electron chi connectivity index (χ1n) is 9.62. The standard InChI is InChI=1S/C21H24FN3OS/c22-16-5-7-18(8-6-16)27-19-9-10-23-20(15-19)21(26)25-12-2-11-24(13-14-25)17-3-1-4-17/h5-10,15,17H,1-4,11-14H2. The fraction of sp³-hybridized carbons (Fsp3) is 0.429. The zero-order valence-corrected chi connectivity index (χ0v) is 16.1. The van der Waals surface area contributed by atoms with Gasteiger partial charge in [-0.05, 0) is 55.7 Å². The van der Waals surface area contributed by atoms with Gasteiger partial charge >= 0.3 is 0 Å². The van der Waals surface area contributed by atoms with Crippen LogP contribution in [-0.2, 0) is 0 Å². The van der Waals surface area contributed by atoms with Crippen molar-refractivity contribution >= 4 is 17.7 Å². The number of aromatic nitrogens is 1. The smallest absolute Gasteiger partial charge is 0.272 e. The molecule has 27 heavy (non-hydrogen) atoms. The van der Waals surface area contributed by atoms with Crippen LogP contribution in [0.4, 0.5) is 4.39 Å². The Hall–Kier alpha value is -1.92. The maximum atomic E-state index is 13.1. The number of rotatable bonds is 4. The average Bonchev–Trinajstić information content (AvgIpc) is 2.88. The Labute approximate surface area is 163 Å². The molecule has 142 valence electrons. The van der Waals surface area contributed by atoms with E-state index in [9.17, 15) is 9.18 Å². The molecule has 2 heterocycles. The second-order valence-corrected chi connectivity index (χ2v) is 8.35. The molecule has 2 aliphatic rings. The minimum absolute atomic E-state index is 0.00650. The van der Waals surface area contributed by atoms with E-state index in [1.807, 2.05) is 17.0 Å². The van der Waals surface area contributed by atoms with E-state index in [1.54, 1.807) is 18.3 Å². The first-order chi connectivity index (χ1) is 13.2. The zero-order valence-electron chi connectivity index (χ0n) is 15.3. The predicted octanol–water partition coefficient (Wildman–Crippen LogP) is 4.07. The van der Waals surface area contributed by atoms with Gasteiger partial charge in [0.05, 0.1) is 0 Å². The highest BCUT2D eigenvalue weighted by Gasteiger charge is 2.28. The second-order valence-electron chi connectivity index (χ2n) is 7.20. The van der Waals surface area contributed by atoms with Gasteiger partial charge in [-0.2, -0.15) is 0 Å². The van der Waals surface area contributed by atoms with Crippen LogP contribution >= 0.6 is 11.8 Å².